The van der Waals surface area contributed by atoms with Gasteiger partial charge in [-0.05, 0) is 37.6 Å². The molecule has 0 spiro atoms. The highest BCUT2D eigenvalue weighted by molar-refractivity contribution is 7.10. The highest BCUT2D eigenvalue weighted by atomic mass is 32.1. The molecule has 21 heavy (non-hydrogen) atoms. The van der Waals surface area contributed by atoms with Crippen LogP contribution in [0.5, 0.6) is 0 Å². The Bertz CT molecular complexity index is 480. The van der Waals surface area contributed by atoms with Gasteiger partial charge in [0, 0.05) is 10.9 Å². The molecule has 1 aromatic heterocycles. The average Bonchev–Trinajstić information content (AvgIpc) is 3.11. The quantitative estimate of drug-likeness (QED) is 0.849. The second-order valence-corrected chi connectivity index (χ2v) is 6.98. The highest BCUT2D eigenvalue weighted by Gasteiger charge is 2.34. The molecule has 1 saturated carbocycles. The van der Waals surface area contributed by atoms with Gasteiger partial charge in [0.1, 0.15) is 5.54 Å². The van der Waals surface area contributed by atoms with Crippen molar-refractivity contribution in [3.63, 3.8) is 0 Å². The van der Waals surface area contributed by atoms with Crippen molar-refractivity contribution in [1.29, 1.82) is 0 Å². The topological polar surface area (TPSA) is 58.2 Å². The summed E-state index contributed by atoms with van der Waals surface area (Å²) in [6.45, 7) is 3.74. The van der Waals surface area contributed by atoms with Crippen LogP contribution in [0.25, 0.3) is 0 Å². The molecule has 5 heteroatoms. The molecule has 0 radical (unpaired) electrons. The van der Waals surface area contributed by atoms with Gasteiger partial charge in [-0.15, -0.1) is 11.3 Å². The molecule has 1 aliphatic carbocycles. The zero-order valence-corrected chi connectivity index (χ0v) is 13.6. The van der Waals surface area contributed by atoms with Gasteiger partial charge in [0.05, 0.1) is 6.42 Å². The van der Waals surface area contributed by atoms with Gasteiger partial charge in [-0.3, -0.25) is 9.59 Å². The van der Waals surface area contributed by atoms with E-state index in [4.69, 9.17) is 0 Å². The summed E-state index contributed by atoms with van der Waals surface area (Å²) in [6, 6.07) is 4.14. The van der Waals surface area contributed by atoms with Crippen LogP contribution >= 0.6 is 11.3 Å². The van der Waals surface area contributed by atoms with E-state index in [1.54, 1.807) is 11.3 Å². The van der Waals surface area contributed by atoms with Crippen LogP contribution in [-0.4, -0.2) is 23.4 Å². The first-order chi connectivity index (χ1) is 10.0. The van der Waals surface area contributed by atoms with Crippen molar-refractivity contribution in [2.45, 2.75) is 64.0 Å². The van der Waals surface area contributed by atoms with Gasteiger partial charge in [0.15, 0.2) is 0 Å². The first-order valence-corrected chi connectivity index (χ1v) is 8.56. The molecular formula is C16H24N2O2S. The van der Waals surface area contributed by atoms with Crippen molar-refractivity contribution in [2.75, 3.05) is 0 Å². The van der Waals surface area contributed by atoms with Crippen LogP contribution in [0.15, 0.2) is 17.5 Å². The van der Waals surface area contributed by atoms with Crippen molar-refractivity contribution in [3.05, 3.63) is 22.4 Å². The van der Waals surface area contributed by atoms with E-state index in [0.717, 1.165) is 17.7 Å². The van der Waals surface area contributed by atoms with Crippen molar-refractivity contribution in [2.24, 2.45) is 0 Å². The Hall–Kier alpha value is -1.36. The predicted octanol–water partition coefficient (Wildman–Crippen LogP) is 2.63. The molecule has 2 rings (SSSR count). The van der Waals surface area contributed by atoms with Gasteiger partial charge >= 0.3 is 0 Å². The molecule has 1 fully saturated rings. The number of hydrogen-bond acceptors (Lipinski definition) is 3. The maximum Gasteiger partial charge on any atom is 0.245 e. The Kier molecular flexibility index (Phi) is 5.39. The summed E-state index contributed by atoms with van der Waals surface area (Å²) in [7, 11) is 0. The Morgan fingerprint density at radius 2 is 2.10 bits per heavy atom. The number of thiophene rings is 1. The number of carbonyl (C=O) groups is 2. The van der Waals surface area contributed by atoms with Gasteiger partial charge < -0.3 is 10.6 Å². The number of hydrogen-bond donors (Lipinski definition) is 2. The lowest BCUT2D eigenvalue weighted by atomic mass is 9.96. The van der Waals surface area contributed by atoms with E-state index < -0.39 is 5.54 Å². The fraction of sp³-hybridized carbons (Fsp3) is 0.625. The molecule has 0 unspecified atom stereocenters. The minimum Gasteiger partial charge on any atom is -0.351 e. The van der Waals surface area contributed by atoms with E-state index in [-0.39, 0.29) is 17.9 Å². The van der Waals surface area contributed by atoms with Crippen LogP contribution in [0.1, 0.15) is 50.8 Å². The molecule has 1 aromatic rings. The molecule has 1 aliphatic rings. The van der Waals surface area contributed by atoms with E-state index in [0.29, 0.717) is 12.8 Å². The summed E-state index contributed by atoms with van der Waals surface area (Å²) in [6.07, 6.45) is 5.38. The molecule has 0 aromatic carbocycles. The monoisotopic (exact) mass is 308 g/mol. The van der Waals surface area contributed by atoms with Crippen LogP contribution < -0.4 is 10.6 Å². The fourth-order valence-electron chi connectivity index (χ4n) is 2.64. The summed E-state index contributed by atoms with van der Waals surface area (Å²) in [5, 5.41) is 7.95. The molecule has 0 saturated heterocycles. The zero-order chi connectivity index (χ0) is 15.3. The van der Waals surface area contributed by atoms with Gasteiger partial charge in [-0.1, -0.05) is 25.8 Å². The molecule has 0 aliphatic heterocycles. The molecular weight excluding hydrogens is 284 g/mol. The third-order valence-electron chi connectivity index (χ3n) is 4.23. The van der Waals surface area contributed by atoms with E-state index in [9.17, 15) is 9.59 Å². The van der Waals surface area contributed by atoms with Crippen molar-refractivity contribution >= 4 is 23.2 Å². The first-order valence-electron chi connectivity index (χ1n) is 7.68. The van der Waals surface area contributed by atoms with Crippen molar-refractivity contribution in [1.82, 2.24) is 10.6 Å². The third kappa shape index (κ3) is 4.30. The molecule has 4 nitrogen and oxygen atoms in total. The van der Waals surface area contributed by atoms with Crippen LogP contribution in [0, 0.1) is 0 Å². The van der Waals surface area contributed by atoms with Crippen LogP contribution in [0.4, 0.5) is 0 Å². The molecule has 1 heterocycles. The fourth-order valence-corrected chi connectivity index (χ4v) is 3.35. The van der Waals surface area contributed by atoms with Gasteiger partial charge in [0.2, 0.25) is 11.8 Å². The number of rotatable bonds is 6. The lowest BCUT2D eigenvalue weighted by molar-refractivity contribution is -0.133. The predicted molar refractivity (Wildman–Crippen MR) is 85.3 cm³/mol. The summed E-state index contributed by atoms with van der Waals surface area (Å²) < 4.78 is 0. The molecule has 1 atom stereocenters. The largest absolute Gasteiger partial charge is 0.351 e. The van der Waals surface area contributed by atoms with E-state index in [1.807, 2.05) is 31.4 Å². The Morgan fingerprint density at radius 1 is 1.38 bits per heavy atom. The van der Waals surface area contributed by atoms with Gasteiger partial charge in [0.25, 0.3) is 0 Å². The lowest BCUT2D eigenvalue weighted by Gasteiger charge is -2.30. The summed E-state index contributed by atoms with van der Waals surface area (Å²) in [4.78, 5) is 25.6. The Balaban J connectivity index is 1.92. The standard InChI is InChI=1S/C16H24N2O2S/c1-3-16(2,15(20)17-12-7-4-5-8-12)18-14(19)11-13-9-6-10-21-13/h6,9-10,12H,3-5,7-8,11H2,1-2H3,(H,17,20)(H,18,19)/t16-/m1/s1. The van der Waals surface area contributed by atoms with Gasteiger partial charge in [-0.25, -0.2) is 0 Å². The van der Waals surface area contributed by atoms with Crippen molar-refractivity contribution < 1.29 is 9.59 Å². The normalized spacial score (nSPS) is 18.2. The number of amides is 2. The maximum atomic E-state index is 12.5. The Morgan fingerprint density at radius 3 is 2.67 bits per heavy atom. The summed E-state index contributed by atoms with van der Waals surface area (Å²) in [5.74, 6) is -0.153. The molecule has 0 bridgehead atoms. The van der Waals surface area contributed by atoms with Crippen LogP contribution in [0.3, 0.4) is 0 Å². The number of nitrogens with one attached hydrogen (secondary N) is 2. The highest BCUT2D eigenvalue weighted by Crippen LogP contribution is 2.19. The Labute approximate surface area is 130 Å². The molecule has 116 valence electrons. The zero-order valence-electron chi connectivity index (χ0n) is 12.8. The van der Waals surface area contributed by atoms with E-state index in [1.165, 1.54) is 12.8 Å². The van der Waals surface area contributed by atoms with E-state index >= 15 is 0 Å². The van der Waals surface area contributed by atoms with Crippen molar-refractivity contribution in [3.8, 4) is 0 Å². The van der Waals surface area contributed by atoms with E-state index in [2.05, 4.69) is 10.6 Å². The maximum absolute atomic E-state index is 12.5. The summed E-state index contributed by atoms with van der Waals surface area (Å²) >= 11 is 1.56. The lowest BCUT2D eigenvalue weighted by Crippen LogP contribution is -2.58. The number of carbonyl (C=O) groups excluding carboxylic acids is 2. The summed E-state index contributed by atoms with van der Waals surface area (Å²) in [5.41, 5.74) is -0.822. The average molecular weight is 308 g/mol. The second kappa shape index (κ2) is 7.07. The molecule has 2 N–H and O–H groups in total. The minimum absolute atomic E-state index is 0.0589. The minimum atomic E-state index is -0.822. The second-order valence-electron chi connectivity index (χ2n) is 5.94. The van der Waals surface area contributed by atoms with Crippen LogP contribution in [-0.2, 0) is 16.0 Å². The van der Waals surface area contributed by atoms with Crippen LogP contribution in [0.2, 0.25) is 0 Å². The smallest absolute Gasteiger partial charge is 0.245 e. The molecule has 2 amide bonds. The third-order valence-corrected chi connectivity index (χ3v) is 5.11. The van der Waals surface area contributed by atoms with Gasteiger partial charge in [-0.2, -0.15) is 0 Å². The first kappa shape index (κ1) is 16.0. The SMILES string of the molecule is CC[C@@](C)(NC(=O)Cc1cccs1)C(=O)NC1CCCC1.